The molecule has 100 valence electrons. The van der Waals surface area contributed by atoms with Crippen molar-refractivity contribution in [2.45, 2.75) is 20.3 Å². The van der Waals surface area contributed by atoms with Gasteiger partial charge in [-0.3, -0.25) is 4.79 Å². The maximum atomic E-state index is 12.2. The molecule has 0 aromatic rings. The summed E-state index contributed by atoms with van der Waals surface area (Å²) in [6, 6.07) is 0. The highest BCUT2D eigenvalue weighted by molar-refractivity contribution is 6.06. The van der Waals surface area contributed by atoms with Gasteiger partial charge in [0.05, 0.1) is 13.2 Å². The lowest BCUT2D eigenvalue weighted by molar-refractivity contribution is -0.139. The van der Waals surface area contributed by atoms with Crippen molar-refractivity contribution < 1.29 is 20.2 Å². The van der Waals surface area contributed by atoms with E-state index in [9.17, 15) is 4.79 Å². The molecule has 7 heteroatoms. The van der Waals surface area contributed by atoms with E-state index in [2.05, 4.69) is 5.16 Å². The Morgan fingerprint density at radius 3 is 2.12 bits per heavy atom. The number of amides is 1. The Bertz CT molecular complexity index is 277. The molecule has 1 atom stereocenters. The van der Waals surface area contributed by atoms with Crippen LogP contribution in [0.4, 0.5) is 0 Å². The number of aliphatic hydroxyl groups is 2. The first-order chi connectivity index (χ1) is 7.97. The highest BCUT2D eigenvalue weighted by Crippen LogP contribution is 2.24. The number of amidine groups is 1. The van der Waals surface area contributed by atoms with Crippen molar-refractivity contribution in [3.05, 3.63) is 0 Å². The molecule has 0 aromatic heterocycles. The molecule has 0 spiro atoms. The third-order valence-electron chi connectivity index (χ3n) is 2.88. The van der Waals surface area contributed by atoms with E-state index >= 15 is 0 Å². The largest absolute Gasteiger partial charge is 0.409 e. The molecule has 0 bridgehead atoms. The number of hydrogen-bond donors (Lipinski definition) is 4. The number of carbonyl (C=O) groups is 1. The van der Waals surface area contributed by atoms with Crippen LogP contribution in [0.5, 0.6) is 0 Å². The van der Waals surface area contributed by atoms with Crippen molar-refractivity contribution in [2.24, 2.45) is 16.3 Å². The van der Waals surface area contributed by atoms with E-state index in [1.165, 1.54) is 4.90 Å². The van der Waals surface area contributed by atoms with Crippen LogP contribution in [0.2, 0.25) is 0 Å². The summed E-state index contributed by atoms with van der Waals surface area (Å²) in [5.41, 5.74) is 4.39. The lowest BCUT2D eigenvalue weighted by Crippen LogP contribution is -2.50. The van der Waals surface area contributed by atoms with Gasteiger partial charge in [-0.1, -0.05) is 12.1 Å². The van der Waals surface area contributed by atoms with Crippen molar-refractivity contribution in [1.29, 1.82) is 0 Å². The van der Waals surface area contributed by atoms with Gasteiger partial charge in [0.2, 0.25) is 5.91 Å². The van der Waals surface area contributed by atoms with E-state index in [4.69, 9.17) is 21.2 Å². The molecule has 1 unspecified atom stereocenters. The Labute approximate surface area is 101 Å². The standard InChI is InChI=1S/C10H21N3O4/c1-3-10(2,8(11)12-17)9(16)13(4-6-14)5-7-15/h14-15,17H,3-7H2,1-2H3,(H2,11,12). The normalized spacial score (nSPS) is 15.4. The summed E-state index contributed by atoms with van der Waals surface area (Å²) in [5.74, 6) is -0.552. The van der Waals surface area contributed by atoms with Crippen molar-refractivity contribution in [1.82, 2.24) is 4.90 Å². The predicted molar refractivity (Wildman–Crippen MR) is 62.6 cm³/mol. The second-order valence-electron chi connectivity index (χ2n) is 3.91. The summed E-state index contributed by atoms with van der Waals surface area (Å²) in [7, 11) is 0. The number of nitrogens with zero attached hydrogens (tertiary/aromatic N) is 2. The van der Waals surface area contributed by atoms with Crippen LogP contribution in [0.3, 0.4) is 0 Å². The molecule has 0 radical (unpaired) electrons. The maximum absolute atomic E-state index is 12.2. The van der Waals surface area contributed by atoms with Crippen LogP contribution < -0.4 is 5.73 Å². The average Bonchev–Trinajstić information content (AvgIpc) is 2.35. The van der Waals surface area contributed by atoms with E-state index in [0.29, 0.717) is 6.42 Å². The first-order valence-corrected chi connectivity index (χ1v) is 5.47. The van der Waals surface area contributed by atoms with Crippen LogP contribution in [0.1, 0.15) is 20.3 Å². The smallest absolute Gasteiger partial charge is 0.236 e. The first kappa shape index (κ1) is 15.7. The molecular formula is C10H21N3O4. The lowest BCUT2D eigenvalue weighted by Gasteiger charge is -2.32. The summed E-state index contributed by atoms with van der Waals surface area (Å²) in [5, 5.41) is 29.3. The first-order valence-electron chi connectivity index (χ1n) is 5.47. The fourth-order valence-corrected chi connectivity index (χ4v) is 1.46. The van der Waals surface area contributed by atoms with Gasteiger partial charge in [-0.15, -0.1) is 0 Å². The molecule has 0 aliphatic rings. The van der Waals surface area contributed by atoms with Crippen LogP contribution >= 0.6 is 0 Å². The van der Waals surface area contributed by atoms with Crippen LogP contribution in [0.15, 0.2) is 5.16 Å². The fraction of sp³-hybridized carbons (Fsp3) is 0.800. The molecule has 0 aliphatic heterocycles. The van der Waals surface area contributed by atoms with Gasteiger partial charge < -0.3 is 26.1 Å². The van der Waals surface area contributed by atoms with E-state index in [1.54, 1.807) is 13.8 Å². The molecule has 0 rings (SSSR count). The summed E-state index contributed by atoms with van der Waals surface area (Å²) in [6.07, 6.45) is 0.356. The molecule has 17 heavy (non-hydrogen) atoms. The Balaban J connectivity index is 5.05. The van der Waals surface area contributed by atoms with Crippen LogP contribution in [0, 0.1) is 5.41 Å². The zero-order valence-electron chi connectivity index (χ0n) is 10.3. The summed E-state index contributed by atoms with van der Waals surface area (Å²) < 4.78 is 0. The van der Waals surface area contributed by atoms with Gasteiger partial charge in [0.25, 0.3) is 0 Å². The average molecular weight is 247 g/mol. The van der Waals surface area contributed by atoms with Crippen LogP contribution in [-0.4, -0.2) is 58.4 Å². The molecule has 0 heterocycles. The Morgan fingerprint density at radius 1 is 1.35 bits per heavy atom. The van der Waals surface area contributed by atoms with E-state index < -0.39 is 5.41 Å². The number of carbonyl (C=O) groups excluding carboxylic acids is 1. The molecule has 0 aliphatic carbocycles. The summed E-state index contributed by atoms with van der Waals surface area (Å²) in [4.78, 5) is 13.5. The van der Waals surface area contributed by atoms with Gasteiger partial charge in [0.1, 0.15) is 5.41 Å². The van der Waals surface area contributed by atoms with Gasteiger partial charge >= 0.3 is 0 Å². The Hall–Kier alpha value is -1.34. The molecule has 1 amide bonds. The number of nitrogens with two attached hydrogens (primary N) is 1. The summed E-state index contributed by atoms with van der Waals surface area (Å²) >= 11 is 0. The van der Waals surface area contributed by atoms with Gasteiger partial charge in [0.15, 0.2) is 5.84 Å². The highest BCUT2D eigenvalue weighted by atomic mass is 16.4. The van der Waals surface area contributed by atoms with E-state index in [1.807, 2.05) is 0 Å². The number of hydrogen-bond acceptors (Lipinski definition) is 5. The molecule has 0 saturated heterocycles. The number of rotatable bonds is 7. The maximum Gasteiger partial charge on any atom is 0.236 e. The second kappa shape index (κ2) is 7.08. The minimum absolute atomic E-state index is 0.105. The zero-order valence-corrected chi connectivity index (χ0v) is 10.3. The van der Waals surface area contributed by atoms with Crippen molar-refractivity contribution in [3.8, 4) is 0 Å². The van der Waals surface area contributed by atoms with Crippen LogP contribution in [0.25, 0.3) is 0 Å². The quantitative estimate of drug-likeness (QED) is 0.198. The third-order valence-corrected chi connectivity index (χ3v) is 2.88. The van der Waals surface area contributed by atoms with E-state index in [-0.39, 0.29) is 38.0 Å². The predicted octanol–water partition coefficient (Wildman–Crippen LogP) is -1.04. The fourth-order valence-electron chi connectivity index (χ4n) is 1.46. The molecule has 0 fully saturated rings. The minimum Gasteiger partial charge on any atom is -0.409 e. The van der Waals surface area contributed by atoms with Gasteiger partial charge in [-0.25, -0.2) is 0 Å². The number of aliphatic hydroxyl groups excluding tert-OH is 2. The molecule has 7 nitrogen and oxygen atoms in total. The summed E-state index contributed by atoms with van der Waals surface area (Å²) in [6.45, 7) is 3.10. The van der Waals surface area contributed by atoms with Gasteiger partial charge in [-0.05, 0) is 13.3 Å². The monoisotopic (exact) mass is 247 g/mol. The SMILES string of the molecule is CCC(C)(C(=O)N(CCO)CCO)C(N)=NO. The number of oxime groups is 1. The molecule has 0 aromatic carbocycles. The second-order valence-corrected chi connectivity index (χ2v) is 3.91. The van der Waals surface area contributed by atoms with Crippen LogP contribution in [-0.2, 0) is 4.79 Å². The zero-order chi connectivity index (χ0) is 13.5. The van der Waals surface area contributed by atoms with Gasteiger partial charge in [0, 0.05) is 13.1 Å². The third kappa shape index (κ3) is 3.57. The van der Waals surface area contributed by atoms with Gasteiger partial charge in [-0.2, -0.15) is 0 Å². The van der Waals surface area contributed by atoms with Crippen molar-refractivity contribution in [3.63, 3.8) is 0 Å². The van der Waals surface area contributed by atoms with E-state index in [0.717, 1.165) is 0 Å². The Kier molecular flexibility index (Phi) is 6.52. The van der Waals surface area contributed by atoms with Crippen molar-refractivity contribution >= 4 is 11.7 Å². The van der Waals surface area contributed by atoms with Crippen molar-refractivity contribution in [2.75, 3.05) is 26.3 Å². The molecule has 5 N–H and O–H groups in total. The highest BCUT2D eigenvalue weighted by Gasteiger charge is 2.39. The minimum atomic E-state index is -1.13. The lowest BCUT2D eigenvalue weighted by atomic mass is 9.84. The Morgan fingerprint density at radius 2 is 1.82 bits per heavy atom. The topological polar surface area (TPSA) is 119 Å². The molecule has 0 saturated carbocycles. The molecular weight excluding hydrogens is 226 g/mol.